The van der Waals surface area contributed by atoms with Crippen molar-refractivity contribution < 1.29 is 17.0 Å². The van der Waals surface area contributed by atoms with Gasteiger partial charge in [0.25, 0.3) is 0 Å². The van der Waals surface area contributed by atoms with Crippen LogP contribution in [-0.2, 0) is 21.1 Å². The third-order valence-corrected chi connectivity index (χ3v) is 2.06. The van der Waals surface area contributed by atoms with Crippen LogP contribution < -0.4 is 5.14 Å². The maximum Gasteiger partial charge on any atom is 0.333 e. The molecule has 6 heteroatoms. The fourth-order valence-electron chi connectivity index (χ4n) is 0.947. The molecule has 0 fully saturated rings. The fraction of sp³-hybridized carbons (Fsp3) is 0.250. The zero-order chi connectivity index (χ0) is 10.8. The van der Waals surface area contributed by atoms with Crippen molar-refractivity contribution >= 4 is 10.3 Å². The van der Waals surface area contributed by atoms with E-state index in [0.717, 1.165) is 0 Å². The molecule has 0 heterocycles. The molecule has 0 unspecified atom stereocenters. The quantitative estimate of drug-likeness (QED) is 0.819. The first-order chi connectivity index (χ1) is 6.38. The van der Waals surface area contributed by atoms with Gasteiger partial charge in [0.05, 0.1) is 6.61 Å². The summed E-state index contributed by atoms with van der Waals surface area (Å²) in [6.07, 6.45) is 0. The van der Waals surface area contributed by atoms with Crippen LogP contribution >= 0.6 is 0 Å². The van der Waals surface area contributed by atoms with Crippen molar-refractivity contribution in [2.24, 2.45) is 5.14 Å². The monoisotopic (exact) mass is 219 g/mol. The van der Waals surface area contributed by atoms with E-state index in [-0.39, 0.29) is 12.4 Å². The Balaban J connectivity index is 2.74. The fourth-order valence-corrected chi connectivity index (χ4v) is 1.25. The molecule has 0 spiro atoms. The predicted octanol–water partition coefficient (Wildman–Crippen LogP) is 0.854. The van der Waals surface area contributed by atoms with Crippen LogP contribution in [0.1, 0.15) is 11.1 Å². The molecule has 1 aromatic carbocycles. The van der Waals surface area contributed by atoms with Crippen LogP contribution in [0.25, 0.3) is 0 Å². The SMILES string of the molecule is Cc1cc(COS(N)(=O)=O)ccc1F. The molecule has 1 aromatic rings. The predicted molar refractivity (Wildman–Crippen MR) is 49.0 cm³/mol. The van der Waals surface area contributed by atoms with Gasteiger partial charge >= 0.3 is 10.3 Å². The molecular weight excluding hydrogens is 209 g/mol. The lowest BCUT2D eigenvalue weighted by Crippen LogP contribution is -2.15. The molecule has 0 radical (unpaired) electrons. The summed E-state index contributed by atoms with van der Waals surface area (Å²) in [7, 11) is -3.94. The summed E-state index contributed by atoms with van der Waals surface area (Å²) in [5.41, 5.74) is 0.985. The average molecular weight is 219 g/mol. The highest BCUT2D eigenvalue weighted by molar-refractivity contribution is 7.84. The molecule has 4 nitrogen and oxygen atoms in total. The van der Waals surface area contributed by atoms with E-state index in [1.807, 2.05) is 0 Å². The summed E-state index contributed by atoms with van der Waals surface area (Å²) in [6, 6.07) is 4.19. The van der Waals surface area contributed by atoms with E-state index in [0.29, 0.717) is 11.1 Å². The topological polar surface area (TPSA) is 69.4 Å². The van der Waals surface area contributed by atoms with Gasteiger partial charge in [-0.3, -0.25) is 4.18 Å². The van der Waals surface area contributed by atoms with Crippen molar-refractivity contribution in [3.05, 3.63) is 35.1 Å². The summed E-state index contributed by atoms with van der Waals surface area (Å²) in [5.74, 6) is -0.343. The van der Waals surface area contributed by atoms with Gasteiger partial charge in [-0.25, -0.2) is 9.53 Å². The van der Waals surface area contributed by atoms with Gasteiger partial charge in [-0.2, -0.15) is 8.42 Å². The highest BCUT2D eigenvalue weighted by atomic mass is 32.2. The Labute approximate surface area is 81.8 Å². The van der Waals surface area contributed by atoms with Crippen LogP contribution in [0.5, 0.6) is 0 Å². The van der Waals surface area contributed by atoms with Crippen molar-refractivity contribution in [2.75, 3.05) is 0 Å². The standard InChI is InChI=1S/C8H10FNO3S/c1-6-4-7(2-3-8(6)9)5-13-14(10,11)12/h2-4H,5H2,1H3,(H2,10,11,12). The molecular formula is C8H10FNO3S. The number of halogens is 1. The zero-order valence-corrected chi connectivity index (χ0v) is 8.34. The lowest BCUT2D eigenvalue weighted by Gasteiger charge is -2.02. The number of benzene rings is 1. The summed E-state index contributed by atoms with van der Waals surface area (Å²) in [6.45, 7) is 1.40. The molecule has 0 aromatic heterocycles. The first kappa shape index (κ1) is 11.1. The van der Waals surface area contributed by atoms with Crippen LogP contribution in [0.2, 0.25) is 0 Å². The minimum Gasteiger partial charge on any atom is -0.253 e. The second-order valence-corrected chi connectivity index (χ2v) is 4.06. The second-order valence-electron chi connectivity index (χ2n) is 2.84. The molecule has 2 N–H and O–H groups in total. The van der Waals surface area contributed by atoms with Crippen molar-refractivity contribution in [3.8, 4) is 0 Å². The van der Waals surface area contributed by atoms with Gasteiger partial charge < -0.3 is 0 Å². The van der Waals surface area contributed by atoms with Crippen LogP contribution in [0.4, 0.5) is 4.39 Å². The largest absolute Gasteiger partial charge is 0.333 e. The Hall–Kier alpha value is -0.980. The molecule has 0 aliphatic heterocycles. The van der Waals surface area contributed by atoms with Gasteiger partial charge in [0.2, 0.25) is 0 Å². The first-order valence-corrected chi connectivity index (χ1v) is 5.28. The molecule has 0 saturated heterocycles. The number of rotatable bonds is 3. The normalized spacial score (nSPS) is 11.6. The van der Waals surface area contributed by atoms with Gasteiger partial charge in [-0.15, -0.1) is 0 Å². The maximum absolute atomic E-state index is 12.8. The summed E-state index contributed by atoms with van der Waals surface area (Å²) >= 11 is 0. The van der Waals surface area contributed by atoms with Crippen LogP contribution in [0.3, 0.4) is 0 Å². The number of hydrogen-bond acceptors (Lipinski definition) is 3. The van der Waals surface area contributed by atoms with Crippen molar-refractivity contribution in [2.45, 2.75) is 13.5 Å². The number of nitrogens with two attached hydrogens (primary N) is 1. The highest BCUT2D eigenvalue weighted by Gasteiger charge is 2.04. The van der Waals surface area contributed by atoms with Crippen LogP contribution in [0.15, 0.2) is 18.2 Å². The third-order valence-electron chi connectivity index (χ3n) is 1.61. The van der Waals surface area contributed by atoms with Crippen LogP contribution in [-0.4, -0.2) is 8.42 Å². The van der Waals surface area contributed by atoms with Crippen molar-refractivity contribution in [1.29, 1.82) is 0 Å². The molecule has 0 aliphatic carbocycles. The molecule has 14 heavy (non-hydrogen) atoms. The van der Waals surface area contributed by atoms with Crippen molar-refractivity contribution in [3.63, 3.8) is 0 Å². The average Bonchev–Trinajstić information content (AvgIpc) is 2.06. The van der Waals surface area contributed by atoms with Gasteiger partial charge in [0.15, 0.2) is 0 Å². The lowest BCUT2D eigenvalue weighted by atomic mass is 10.1. The maximum atomic E-state index is 12.8. The Morgan fingerprint density at radius 1 is 1.50 bits per heavy atom. The first-order valence-electron chi connectivity index (χ1n) is 3.80. The third kappa shape index (κ3) is 3.41. The molecule has 0 amide bonds. The van der Waals surface area contributed by atoms with Crippen LogP contribution in [0, 0.1) is 12.7 Å². The molecule has 0 atom stereocenters. The van der Waals surface area contributed by atoms with Gasteiger partial charge in [-0.05, 0) is 24.1 Å². The Bertz CT molecular complexity index is 430. The summed E-state index contributed by atoms with van der Waals surface area (Å²) in [5, 5.41) is 4.63. The van der Waals surface area contributed by atoms with E-state index in [9.17, 15) is 12.8 Å². The molecule has 0 aliphatic rings. The number of hydrogen-bond donors (Lipinski definition) is 1. The smallest absolute Gasteiger partial charge is 0.253 e. The highest BCUT2D eigenvalue weighted by Crippen LogP contribution is 2.10. The van der Waals surface area contributed by atoms with E-state index < -0.39 is 10.3 Å². The molecule has 0 saturated carbocycles. The summed E-state index contributed by atoms with van der Waals surface area (Å²) in [4.78, 5) is 0. The Morgan fingerprint density at radius 3 is 2.64 bits per heavy atom. The van der Waals surface area contributed by atoms with E-state index >= 15 is 0 Å². The van der Waals surface area contributed by atoms with Gasteiger partial charge in [0, 0.05) is 0 Å². The van der Waals surface area contributed by atoms with Crippen molar-refractivity contribution in [1.82, 2.24) is 0 Å². The summed E-state index contributed by atoms with van der Waals surface area (Å²) < 4.78 is 38.0. The van der Waals surface area contributed by atoms with E-state index in [2.05, 4.69) is 9.32 Å². The molecule has 78 valence electrons. The Kier molecular flexibility index (Phi) is 3.20. The van der Waals surface area contributed by atoms with E-state index in [1.54, 1.807) is 6.92 Å². The zero-order valence-electron chi connectivity index (χ0n) is 7.53. The Morgan fingerprint density at radius 2 is 2.14 bits per heavy atom. The minimum absolute atomic E-state index is 0.181. The van der Waals surface area contributed by atoms with E-state index in [1.165, 1.54) is 18.2 Å². The minimum atomic E-state index is -3.94. The molecule has 1 rings (SSSR count). The van der Waals surface area contributed by atoms with E-state index in [4.69, 9.17) is 0 Å². The lowest BCUT2D eigenvalue weighted by molar-refractivity contribution is 0.308. The second kappa shape index (κ2) is 4.04. The van der Waals surface area contributed by atoms with Gasteiger partial charge in [0.1, 0.15) is 5.82 Å². The molecule has 0 bridgehead atoms. The van der Waals surface area contributed by atoms with Gasteiger partial charge in [-0.1, -0.05) is 12.1 Å². The number of aryl methyl sites for hydroxylation is 1.